The third-order valence-electron chi connectivity index (χ3n) is 2.29. The second-order valence-corrected chi connectivity index (χ2v) is 4.07. The lowest BCUT2D eigenvalue weighted by molar-refractivity contribution is 0.0691. The van der Waals surface area contributed by atoms with E-state index in [1.54, 1.807) is 0 Å². The topological polar surface area (TPSA) is 58.0 Å². The highest BCUT2D eigenvalue weighted by Crippen LogP contribution is 2.10. The van der Waals surface area contributed by atoms with Crippen molar-refractivity contribution in [1.82, 2.24) is 9.55 Å². The summed E-state index contributed by atoms with van der Waals surface area (Å²) in [6.45, 7) is 0.0945. The van der Waals surface area contributed by atoms with Gasteiger partial charge in [-0.2, -0.15) is 0 Å². The minimum absolute atomic E-state index is 0.0723. The Bertz CT molecular complexity index is 643. The monoisotopic (exact) mass is 270 g/mol. The maximum absolute atomic E-state index is 13.0. The predicted octanol–water partition coefficient (Wildman–Crippen LogP) is 2.57. The van der Waals surface area contributed by atoms with Gasteiger partial charge in [-0.1, -0.05) is 0 Å². The molecule has 0 bridgehead atoms. The van der Waals surface area contributed by atoms with Crippen molar-refractivity contribution < 1.29 is 18.7 Å². The van der Waals surface area contributed by atoms with E-state index in [4.69, 9.17) is 17.3 Å². The maximum atomic E-state index is 13.0. The van der Waals surface area contributed by atoms with Gasteiger partial charge >= 0.3 is 5.97 Å². The van der Waals surface area contributed by atoms with Gasteiger partial charge in [0.05, 0.1) is 6.54 Å². The highest BCUT2D eigenvalue weighted by atomic mass is 32.1. The molecular formula is C11H8F2N2O2S. The summed E-state index contributed by atoms with van der Waals surface area (Å²) < 4.78 is 27.5. The molecule has 0 amide bonds. The summed E-state index contributed by atoms with van der Waals surface area (Å²) in [5.74, 6) is -2.53. The number of nitrogens with one attached hydrogen (secondary N) is 1. The lowest BCUT2D eigenvalue weighted by Gasteiger charge is -2.03. The SMILES string of the molecule is O=C(O)c1cn(Cc2cc(F)cc(F)c2)c(=S)[nH]1. The van der Waals surface area contributed by atoms with Gasteiger partial charge in [-0.05, 0) is 29.9 Å². The number of hydrogen-bond donors (Lipinski definition) is 2. The van der Waals surface area contributed by atoms with Gasteiger partial charge in [0.15, 0.2) is 4.77 Å². The largest absolute Gasteiger partial charge is 0.477 e. The van der Waals surface area contributed by atoms with Crippen LogP contribution in [0.5, 0.6) is 0 Å². The maximum Gasteiger partial charge on any atom is 0.353 e. The molecule has 0 aliphatic heterocycles. The van der Waals surface area contributed by atoms with E-state index in [1.165, 1.54) is 10.8 Å². The van der Waals surface area contributed by atoms with Crippen LogP contribution in [0.25, 0.3) is 0 Å². The molecule has 1 heterocycles. The van der Waals surface area contributed by atoms with Crippen LogP contribution in [0.1, 0.15) is 16.1 Å². The summed E-state index contributed by atoms with van der Waals surface area (Å²) in [6, 6.07) is 3.10. The van der Waals surface area contributed by atoms with E-state index >= 15 is 0 Å². The van der Waals surface area contributed by atoms with Gasteiger partial charge in [-0.3, -0.25) is 0 Å². The average molecular weight is 270 g/mol. The van der Waals surface area contributed by atoms with Crippen LogP contribution in [0.4, 0.5) is 8.78 Å². The molecule has 4 nitrogen and oxygen atoms in total. The van der Waals surface area contributed by atoms with Gasteiger partial charge in [-0.25, -0.2) is 13.6 Å². The van der Waals surface area contributed by atoms with Crippen molar-refractivity contribution in [1.29, 1.82) is 0 Å². The molecule has 0 fully saturated rings. The summed E-state index contributed by atoms with van der Waals surface area (Å²) in [7, 11) is 0. The zero-order chi connectivity index (χ0) is 13.3. The third kappa shape index (κ3) is 2.62. The number of imidazole rings is 1. The highest BCUT2D eigenvalue weighted by molar-refractivity contribution is 7.71. The molecule has 18 heavy (non-hydrogen) atoms. The fraction of sp³-hybridized carbons (Fsp3) is 0.0909. The first kappa shape index (κ1) is 12.4. The van der Waals surface area contributed by atoms with Crippen LogP contribution in [0.3, 0.4) is 0 Å². The molecule has 0 saturated heterocycles. The van der Waals surface area contributed by atoms with Crippen LogP contribution in [0, 0.1) is 16.4 Å². The number of carboxylic acid groups (broad SMARTS) is 1. The summed E-state index contributed by atoms with van der Waals surface area (Å²) in [5.41, 5.74) is 0.288. The summed E-state index contributed by atoms with van der Waals surface area (Å²) in [5, 5.41) is 8.77. The van der Waals surface area contributed by atoms with Crippen molar-refractivity contribution in [2.24, 2.45) is 0 Å². The van der Waals surface area contributed by atoms with Gasteiger partial charge in [-0.15, -0.1) is 0 Å². The standard InChI is InChI=1S/C11H8F2N2O2S/c12-7-1-6(2-8(13)3-7)4-15-5-9(10(16)17)14-11(15)18/h1-3,5H,4H2,(H,14,18)(H,16,17). The fourth-order valence-corrected chi connectivity index (χ4v) is 1.79. The van der Waals surface area contributed by atoms with E-state index in [0.717, 1.165) is 18.2 Å². The highest BCUT2D eigenvalue weighted by Gasteiger charge is 2.08. The Morgan fingerprint density at radius 2 is 1.94 bits per heavy atom. The molecule has 0 atom stereocenters. The summed E-state index contributed by atoms with van der Waals surface area (Å²) >= 11 is 4.91. The molecule has 2 rings (SSSR count). The molecule has 0 saturated carbocycles. The number of rotatable bonds is 3. The van der Waals surface area contributed by atoms with E-state index in [0.29, 0.717) is 5.56 Å². The van der Waals surface area contributed by atoms with Gasteiger partial charge in [0.2, 0.25) is 0 Å². The number of hydrogen-bond acceptors (Lipinski definition) is 2. The van der Waals surface area contributed by atoms with Gasteiger partial charge < -0.3 is 14.7 Å². The second-order valence-electron chi connectivity index (χ2n) is 3.68. The number of aromatic nitrogens is 2. The molecule has 0 aliphatic rings. The quantitative estimate of drug-likeness (QED) is 0.843. The van der Waals surface area contributed by atoms with E-state index in [-0.39, 0.29) is 17.0 Å². The van der Waals surface area contributed by atoms with E-state index in [2.05, 4.69) is 4.98 Å². The number of halogens is 2. The van der Waals surface area contributed by atoms with Gasteiger partial charge in [0.25, 0.3) is 0 Å². The van der Waals surface area contributed by atoms with Crippen molar-refractivity contribution in [3.05, 3.63) is 52.1 Å². The van der Waals surface area contributed by atoms with Crippen molar-refractivity contribution in [3.8, 4) is 0 Å². The molecule has 7 heteroatoms. The molecule has 0 radical (unpaired) electrons. The van der Waals surface area contributed by atoms with Crippen LogP contribution in [0.2, 0.25) is 0 Å². The van der Waals surface area contributed by atoms with Crippen LogP contribution in [0.15, 0.2) is 24.4 Å². The molecule has 2 N–H and O–H groups in total. The molecule has 0 spiro atoms. The molecule has 2 aromatic rings. The molecule has 0 unspecified atom stereocenters. The molecule has 1 aromatic carbocycles. The first-order valence-electron chi connectivity index (χ1n) is 4.93. The predicted molar refractivity (Wildman–Crippen MR) is 62.0 cm³/mol. The normalized spacial score (nSPS) is 10.6. The number of H-pyrrole nitrogens is 1. The summed E-state index contributed by atoms with van der Waals surface area (Å²) in [4.78, 5) is 13.2. The first-order chi connectivity index (χ1) is 8.45. The van der Waals surface area contributed by atoms with Crippen LogP contribution < -0.4 is 0 Å². The summed E-state index contributed by atoms with van der Waals surface area (Å²) in [6.07, 6.45) is 1.29. The van der Waals surface area contributed by atoms with Gasteiger partial charge in [0, 0.05) is 12.3 Å². The lowest BCUT2D eigenvalue weighted by Crippen LogP contribution is -2.00. The number of aromatic carboxylic acids is 1. The first-order valence-corrected chi connectivity index (χ1v) is 5.34. The number of aromatic amines is 1. The molecular weight excluding hydrogens is 262 g/mol. The van der Waals surface area contributed by atoms with E-state index in [1.807, 2.05) is 0 Å². The molecule has 0 aliphatic carbocycles. The fourth-order valence-electron chi connectivity index (χ4n) is 1.56. The van der Waals surface area contributed by atoms with Crippen LogP contribution in [-0.2, 0) is 6.54 Å². The number of benzene rings is 1. The molecule has 94 valence electrons. The van der Waals surface area contributed by atoms with Crippen molar-refractivity contribution in [3.63, 3.8) is 0 Å². The average Bonchev–Trinajstić information content (AvgIpc) is 2.59. The Labute approximate surface area is 106 Å². The Hall–Kier alpha value is -2.02. The number of nitrogens with zero attached hydrogens (tertiary/aromatic N) is 1. The van der Waals surface area contributed by atoms with Crippen LogP contribution >= 0.6 is 12.2 Å². The zero-order valence-corrected chi connectivity index (χ0v) is 9.80. The van der Waals surface area contributed by atoms with Crippen molar-refractivity contribution >= 4 is 18.2 Å². The smallest absolute Gasteiger partial charge is 0.353 e. The Kier molecular flexibility index (Phi) is 3.24. The van der Waals surface area contributed by atoms with E-state index in [9.17, 15) is 13.6 Å². The van der Waals surface area contributed by atoms with Crippen molar-refractivity contribution in [2.75, 3.05) is 0 Å². The van der Waals surface area contributed by atoms with Gasteiger partial charge in [0.1, 0.15) is 17.3 Å². The van der Waals surface area contributed by atoms with Crippen LogP contribution in [-0.4, -0.2) is 20.6 Å². The minimum Gasteiger partial charge on any atom is -0.477 e. The molecule has 1 aromatic heterocycles. The minimum atomic E-state index is -1.15. The third-order valence-corrected chi connectivity index (χ3v) is 2.63. The Morgan fingerprint density at radius 1 is 1.33 bits per heavy atom. The Morgan fingerprint density at radius 3 is 2.44 bits per heavy atom. The van der Waals surface area contributed by atoms with E-state index < -0.39 is 17.6 Å². The number of carboxylic acids is 1. The lowest BCUT2D eigenvalue weighted by atomic mass is 10.2. The Balaban J connectivity index is 2.34. The zero-order valence-electron chi connectivity index (χ0n) is 8.98. The number of carbonyl (C=O) groups is 1. The van der Waals surface area contributed by atoms with Crippen molar-refractivity contribution in [2.45, 2.75) is 6.54 Å². The second kappa shape index (κ2) is 4.69.